The van der Waals surface area contributed by atoms with Gasteiger partial charge < -0.3 is 10.1 Å². The van der Waals surface area contributed by atoms with Crippen molar-refractivity contribution in [3.8, 4) is 5.69 Å². The number of ether oxygens (including phenoxy) is 1. The van der Waals surface area contributed by atoms with Crippen LogP contribution in [-0.4, -0.2) is 34.2 Å². The maximum absolute atomic E-state index is 5.80. The SMILES string of the molecule is Cc1ccc(-n2cncc2C2CNCCO2)c(C)n1. The molecule has 3 rings (SSSR count). The Morgan fingerprint density at radius 1 is 1.37 bits per heavy atom. The van der Waals surface area contributed by atoms with Gasteiger partial charge in [-0.05, 0) is 26.0 Å². The van der Waals surface area contributed by atoms with Gasteiger partial charge in [0.05, 0.1) is 36.2 Å². The van der Waals surface area contributed by atoms with Gasteiger partial charge >= 0.3 is 0 Å². The standard InChI is InChI=1S/C14H18N4O/c1-10-3-4-12(11(2)17-10)18-9-16-7-13(18)14-8-15-5-6-19-14/h3-4,7,9,14-15H,5-6,8H2,1-2H3. The van der Waals surface area contributed by atoms with E-state index >= 15 is 0 Å². The van der Waals surface area contributed by atoms with Gasteiger partial charge in [0.25, 0.3) is 0 Å². The molecular weight excluding hydrogens is 240 g/mol. The fourth-order valence-electron chi connectivity index (χ4n) is 2.43. The Morgan fingerprint density at radius 3 is 3.00 bits per heavy atom. The Morgan fingerprint density at radius 2 is 2.26 bits per heavy atom. The number of nitrogens with one attached hydrogen (secondary N) is 1. The van der Waals surface area contributed by atoms with Crippen molar-refractivity contribution in [2.24, 2.45) is 0 Å². The van der Waals surface area contributed by atoms with Gasteiger partial charge in [-0.15, -0.1) is 0 Å². The summed E-state index contributed by atoms with van der Waals surface area (Å²) in [5, 5.41) is 3.34. The lowest BCUT2D eigenvalue weighted by Crippen LogP contribution is -2.34. The highest BCUT2D eigenvalue weighted by molar-refractivity contribution is 5.39. The van der Waals surface area contributed by atoms with Gasteiger partial charge in [0.1, 0.15) is 6.10 Å². The summed E-state index contributed by atoms with van der Waals surface area (Å²) in [7, 11) is 0. The van der Waals surface area contributed by atoms with Crippen LogP contribution in [0.25, 0.3) is 5.69 Å². The average Bonchev–Trinajstić information content (AvgIpc) is 2.89. The molecule has 0 spiro atoms. The summed E-state index contributed by atoms with van der Waals surface area (Å²) in [6, 6.07) is 4.10. The van der Waals surface area contributed by atoms with E-state index in [0.717, 1.165) is 42.5 Å². The van der Waals surface area contributed by atoms with Crippen molar-refractivity contribution in [1.82, 2.24) is 19.9 Å². The molecule has 2 aromatic heterocycles. The molecule has 3 heterocycles. The van der Waals surface area contributed by atoms with Crippen LogP contribution >= 0.6 is 0 Å². The van der Waals surface area contributed by atoms with E-state index in [1.165, 1.54) is 0 Å². The second-order valence-corrected chi connectivity index (χ2v) is 4.81. The fraction of sp³-hybridized carbons (Fsp3) is 0.429. The summed E-state index contributed by atoms with van der Waals surface area (Å²) >= 11 is 0. The molecule has 1 aliphatic heterocycles. The number of hydrogen-bond acceptors (Lipinski definition) is 4. The molecule has 0 aromatic carbocycles. The number of imidazole rings is 1. The summed E-state index contributed by atoms with van der Waals surface area (Å²) in [5.41, 5.74) is 4.16. The summed E-state index contributed by atoms with van der Waals surface area (Å²) in [5.74, 6) is 0. The van der Waals surface area contributed by atoms with Crippen LogP contribution in [0.1, 0.15) is 23.2 Å². The number of morpholine rings is 1. The Labute approximate surface area is 112 Å². The number of hydrogen-bond donors (Lipinski definition) is 1. The van der Waals surface area contributed by atoms with E-state index in [4.69, 9.17) is 4.74 Å². The van der Waals surface area contributed by atoms with Crippen LogP contribution in [0, 0.1) is 13.8 Å². The van der Waals surface area contributed by atoms with Crippen LogP contribution < -0.4 is 5.32 Å². The molecule has 2 aromatic rings. The molecule has 1 saturated heterocycles. The summed E-state index contributed by atoms with van der Waals surface area (Å²) < 4.78 is 7.87. The first-order chi connectivity index (χ1) is 9.25. The molecule has 1 atom stereocenters. The lowest BCUT2D eigenvalue weighted by atomic mass is 10.2. The Kier molecular flexibility index (Phi) is 3.31. The monoisotopic (exact) mass is 258 g/mol. The zero-order valence-electron chi connectivity index (χ0n) is 11.3. The van der Waals surface area contributed by atoms with Gasteiger partial charge in [0.2, 0.25) is 0 Å². The molecule has 100 valence electrons. The predicted octanol–water partition coefficient (Wildman–Crippen LogP) is 1.55. The van der Waals surface area contributed by atoms with Gasteiger partial charge in [-0.3, -0.25) is 9.55 Å². The number of aryl methyl sites for hydroxylation is 2. The summed E-state index contributed by atoms with van der Waals surface area (Å²) in [4.78, 5) is 8.78. The van der Waals surface area contributed by atoms with E-state index in [2.05, 4.69) is 25.9 Å². The first kappa shape index (κ1) is 12.3. The van der Waals surface area contributed by atoms with E-state index in [1.807, 2.05) is 32.4 Å². The van der Waals surface area contributed by atoms with E-state index in [-0.39, 0.29) is 6.10 Å². The maximum Gasteiger partial charge on any atom is 0.112 e. The molecule has 0 bridgehead atoms. The summed E-state index contributed by atoms with van der Waals surface area (Å²) in [6.45, 7) is 6.49. The zero-order chi connectivity index (χ0) is 13.2. The molecule has 1 fully saturated rings. The molecular formula is C14H18N4O. The lowest BCUT2D eigenvalue weighted by Gasteiger charge is -2.24. The lowest BCUT2D eigenvalue weighted by molar-refractivity contribution is 0.0240. The molecule has 1 N–H and O–H groups in total. The smallest absolute Gasteiger partial charge is 0.112 e. The van der Waals surface area contributed by atoms with Crippen molar-refractivity contribution in [3.05, 3.63) is 41.7 Å². The molecule has 0 amide bonds. The normalized spacial score (nSPS) is 19.6. The maximum atomic E-state index is 5.80. The van der Waals surface area contributed by atoms with Crippen LogP contribution in [0.15, 0.2) is 24.7 Å². The fourth-order valence-corrected chi connectivity index (χ4v) is 2.43. The van der Waals surface area contributed by atoms with Gasteiger partial charge in [0.15, 0.2) is 0 Å². The minimum atomic E-state index is 0.0527. The third kappa shape index (κ3) is 2.39. The van der Waals surface area contributed by atoms with E-state index in [0.29, 0.717) is 0 Å². The average molecular weight is 258 g/mol. The summed E-state index contributed by atoms with van der Waals surface area (Å²) in [6.07, 6.45) is 3.75. The molecule has 0 saturated carbocycles. The number of rotatable bonds is 2. The number of nitrogens with zero attached hydrogens (tertiary/aromatic N) is 3. The van der Waals surface area contributed by atoms with Crippen LogP contribution in [-0.2, 0) is 4.74 Å². The van der Waals surface area contributed by atoms with Crippen LogP contribution in [0.5, 0.6) is 0 Å². The highest BCUT2D eigenvalue weighted by Crippen LogP contribution is 2.23. The van der Waals surface area contributed by atoms with Gasteiger partial charge in [-0.25, -0.2) is 4.98 Å². The highest BCUT2D eigenvalue weighted by atomic mass is 16.5. The second-order valence-electron chi connectivity index (χ2n) is 4.81. The van der Waals surface area contributed by atoms with Crippen molar-refractivity contribution < 1.29 is 4.74 Å². The molecule has 0 aliphatic carbocycles. The minimum Gasteiger partial charge on any atom is -0.369 e. The van der Waals surface area contributed by atoms with Gasteiger partial charge in [0, 0.05) is 18.8 Å². The molecule has 5 nitrogen and oxygen atoms in total. The number of pyridine rings is 1. The molecule has 5 heteroatoms. The third-order valence-electron chi connectivity index (χ3n) is 3.38. The molecule has 0 radical (unpaired) electrons. The Balaban J connectivity index is 1.99. The number of aromatic nitrogens is 3. The predicted molar refractivity (Wildman–Crippen MR) is 72.4 cm³/mol. The minimum absolute atomic E-state index is 0.0527. The van der Waals surface area contributed by atoms with Gasteiger partial charge in [-0.1, -0.05) is 0 Å². The molecule has 1 aliphatic rings. The molecule has 1 unspecified atom stereocenters. The van der Waals surface area contributed by atoms with Crippen molar-refractivity contribution in [3.63, 3.8) is 0 Å². The van der Waals surface area contributed by atoms with Crippen molar-refractivity contribution in [1.29, 1.82) is 0 Å². The van der Waals surface area contributed by atoms with Gasteiger partial charge in [-0.2, -0.15) is 0 Å². The zero-order valence-corrected chi connectivity index (χ0v) is 11.3. The first-order valence-electron chi connectivity index (χ1n) is 6.55. The van der Waals surface area contributed by atoms with E-state index in [1.54, 1.807) is 0 Å². The van der Waals surface area contributed by atoms with Crippen LogP contribution in [0.3, 0.4) is 0 Å². The molecule has 19 heavy (non-hydrogen) atoms. The quantitative estimate of drug-likeness (QED) is 0.888. The highest BCUT2D eigenvalue weighted by Gasteiger charge is 2.20. The van der Waals surface area contributed by atoms with E-state index < -0.39 is 0 Å². The second kappa shape index (κ2) is 5.11. The van der Waals surface area contributed by atoms with Crippen molar-refractivity contribution in [2.75, 3.05) is 19.7 Å². The Hall–Kier alpha value is -1.72. The first-order valence-corrected chi connectivity index (χ1v) is 6.55. The van der Waals surface area contributed by atoms with E-state index in [9.17, 15) is 0 Å². The topological polar surface area (TPSA) is 52.0 Å². The van der Waals surface area contributed by atoms with Crippen LogP contribution in [0.2, 0.25) is 0 Å². The van der Waals surface area contributed by atoms with Crippen LogP contribution in [0.4, 0.5) is 0 Å². The van der Waals surface area contributed by atoms with Crippen molar-refractivity contribution in [2.45, 2.75) is 20.0 Å². The largest absolute Gasteiger partial charge is 0.369 e. The Bertz CT molecular complexity index is 573. The van der Waals surface area contributed by atoms with Crippen molar-refractivity contribution >= 4 is 0 Å². The third-order valence-corrected chi connectivity index (χ3v) is 3.38.